The van der Waals surface area contributed by atoms with Crippen molar-refractivity contribution < 1.29 is 0 Å². The predicted octanol–water partition coefficient (Wildman–Crippen LogP) is 12.8. The molecule has 2 aliphatic rings. The van der Waals surface area contributed by atoms with E-state index in [4.69, 9.17) is 0 Å². The summed E-state index contributed by atoms with van der Waals surface area (Å²) in [5, 5.41) is 0. The minimum Gasteiger partial charge on any atom is -0.310 e. The van der Waals surface area contributed by atoms with Gasteiger partial charge in [-0.1, -0.05) is 164 Å². The van der Waals surface area contributed by atoms with Crippen LogP contribution in [0.1, 0.15) is 33.4 Å². The summed E-state index contributed by atoms with van der Waals surface area (Å²) in [5.74, 6) is 0. The van der Waals surface area contributed by atoms with Crippen molar-refractivity contribution in [3.63, 3.8) is 0 Å². The first-order valence-corrected chi connectivity index (χ1v) is 17.8. The number of anilines is 3. The lowest BCUT2D eigenvalue weighted by molar-refractivity contribution is 0.722. The minimum atomic E-state index is -0.462. The molecule has 51 heavy (non-hydrogen) atoms. The lowest BCUT2D eigenvalue weighted by Gasteiger charge is -2.42. The van der Waals surface area contributed by atoms with Crippen molar-refractivity contribution >= 4 is 17.1 Å². The molecule has 8 aromatic carbocycles. The van der Waals surface area contributed by atoms with Gasteiger partial charge in [-0.2, -0.15) is 0 Å². The third kappa shape index (κ3) is 4.55. The molecular weight excluding hydrogens is 615 g/mol. The molecule has 0 aliphatic heterocycles. The third-order valence-corrected chi connectivity index (χ3v) is 11.0. The summed E-state index contributed by atoms with van der Waals surface area (Å²) in [4.78, 5) is 2.48. The SMILES string of the molecule is c1ccc(-c2ccc(N(c3ccccc3)c3cc(-c4ccccc4)cc4c3Cc3ccccc3C43c4ccccc4-c4ccccc43)cc2)cc1. The van der Waals surface area contributed by atoms with E-state index >= 15 is 0 Å². The average molecular weight is 650 g/mol. The second-order valence-electron chi connectivity index (χ2n) is 13.6. The van der Waals surface area contributed by atoms with Crippen LogP contribution < -0.4 is 4.90 Å². The molecule has 1 nitrogen and oxygen atoms in total. The maximum Gasteiger partial charge on any atom is 0.0720 e. The monoisotopic (exact) mass is 649 g/mol. The Labute approximate surface area is 299 Å². The molecule has 2 aliphatic carbocycles. The molecule has 8 aromatic rings. The van der Waals surface area contributed by atoms with Crippen LogP contribution in [0.2, 0.25) is 0 Å². The van der Waals surface area contributed by atoms with Gasteiger partial charge in [0.2, 0.25) is 0 Å². The molecule has 0 bridgehead atoms. The Hall–Kier alpha value is -6.44. The van der Waals surface area contributed by atoms with Crippen molar-refractivity contribution in [2.75, 3.05) is 4.90 Å². The molecule has 10 rings (SSSR count). The Morgan fingerprint density at radius 2 is 0.824 bits per heavy atom. The van der Waals surface area contributed by atoms with Crippen molar-refractivity contribution in [1.29, 1.82) is 0 Å². The third-order valence-electron chi connectivity index (χ3n) is 11.0. The normalized spacial score (nSPS) is 13.2. The van der Waals surface area contributed by atoms with Gasteiger partial charge in [0, 0.05) is 17.8 Å². The van der Waals surface area contributed by atoms with Crippen LogP contribution in [-0.4, -0.2) is 0 Å². The number of para-hydroxylation sites is 1. The first kappa shape index (κ1) is 29.5. The fraction of sp³-hybridized carbons (Fsp3) is 0.0400. The maximum atomic E-state index is 2.50. The Balaban J connectivity index is 1.31. The zero-order valence-electron chi connectivity index (χ0n) is 28.2. The lowest BCUT2D eigenvalue weighted by atomic mass is 9.61. The van der Waals surface area contributed by atoms with Gasteiger partial charge in [-0.15, -0.1) is 0 Å². The van der Waals surface area contributed by atoms with E-state index in [2.05, 4.69) is 205 Å². The van der Waals surface area contributed by atoms with Crippen molar-refractivity contribution in [2.24, 2.45) is 0 Å². The van der Waals surface area contributed by atoms with Crippen molar-refractivity contribution in [1.82, 2.24) is 0 Å². The van der Waals surface area contributed by atoms with Crippen LogP contribution in [0, 0.1) is 0 Å². The summed E-state index contributed by atoms with van der Waals surface area (Å²) in [6, 6.07) is 73.7. The van der Waals surface area contributed by atoms with E-state index in [0.717, 1.165) is 17.8 Å². The van der Waals surface area contributed by atoms with Crippen molar-refractivity contribution in [3.05, 3.63) is 234 Å². The molecule has 0 heterocycles. The van der Waals surface area contributed by atoms with Crippen LogP contribution in [0.15, 0.2) is 200 Å². The van der Waals surface area contributed by atoms with Gasteiger partial charge in [-0.25, -0.2) is 0 Å². The Kier molecular flexibility index (Phi) is 6.85. The summed E-state index contributed by atoms with van der Waals surface area (Å²) >= 11 is 0. The zero-order chi connectivity index (χ0) is 33.8. The fourth-order valence-electron chi connectivity index (χ4n) is 8.80. The molecule has 1 heteroatoms. The highest BCUT2D eigenvalue weighted by molar-refractivity contribution is 5.92. The van der Waals surface area contributed by atoms with E-state index in [-0.39, 0.29) is 0 Å². The van der Waals surface area contributed by atoms with Gasteiger partial charge in [0.05, 0.1) is 11.1 Å². The topological polar surface area (TPSA) is 3.24 Å². The van der Waals surface area contributed by atoms with Crippen LogP contribution in [0.3, 0.4) is 0 Å². The molecule has 0 atom stereocenters. The van der Waals surface area contributed by atoms with Gasteiger partial charge >= 0.3 is 0 Å². The van der Waals surface area contributed by atoms with Crippen molar-refractivity contribution in [3.8, 4) is 33.4 Å². The number of rotatable bonds is 5. The van der Waals surface area contributed by atoms with Gasteiger partial charge in [-0.3, -0.25) is 0 Å². The summed E-state index contributed by atoms with van der Waals surface area (Å²) in [6.45, 7) is 0. The van der Waals surface area contributed by atoms with E-state index in [9.17, 15) is 0 Å². The van der Waals surface area contributed by atoms with E-state index in [1.807, 2.05) is 0 Å². The number of benzene rings is 8. The number of hydrogen-bond donors (Lipinski definition) is 0. The second kappa shape index (κ2) is 11.9. The molecular formula is C50H35N. The van der Waals surface area contributed by atoms with E-state index < -0.39 is 5.41 Å². The summed E-state index contributed by atoms with van der Waals surface area (Å²) in [7, 11) is 0. The first-order chi connectivity index (χ1) is 25.3. The molecule has 0 aromatic heterocycles. The molecule has 1 spiro atoms. The van der Waals surface area contributed by atoms with E-state index in [0.29, 0.717) is 0 Å². The Morgan fingerprint density at radius 3 is 1.45 bits per heavy atom. The highest BCUT2D eigenvalue weighted by atomic mass is 15.1. The maximum absolute atomic E-state index is 2.50. The van der Waals surface area contributed by atoms with E-state index in [1.165, 1.54) is 72.4 Å². The predicted molar refractivity (Wildman–Crippen MR) is 212 cm³/mol. The molecule has 0 unspecified atom stereocenters. The number of hydrogen-bond acceptors (Lipinski definition) is 1. The van der Waals surface area contributed by atoms with Crippen molar-refractivity contribution in [2.45, 2.75) is 11.8 Å². The van der Waals surface area contributed by atoms with E-state index in [1.54, 1.807) is 0 Å². The molecule has 0 N–H and O–H groups in total. The average Bonchev–Trinajstić information content (AvgIpc) is 3.50. The zero-order valence-corrected chi connectivity index (χ0v) is 28.2. The second-order valence-corrected chi connectivity index (χ2v) is 13.6. The Bertz CT molecular complexity index is 2490. The van der Waals surface area contributed by atoms with Gasteiger partial charge in [0.25, 0.3) is 0 Å². The number of fused-ring (bicyclic) bond motifs is 9. The molecule has 0 fully saturated rings. The first-order valence-electron chi connectivity index (χ1n) is 17.8. The standard InChI is InChI=1S/C50H35N/c1-4-16-35(17-5-1)37-28-30-41(31-29-37)51(40-21-8-3-9-22-40)49-34-39(36-18-6-2-7-19-36)33-48-44(49)32-38-20-10-13-25-45(38)50(48)46-26-14-11-23-42(46)43-24-12-15-27-47(43)50/h1-31,33-34H,32H2. The smallest absolute Gasteiger partial charge is 0.0720 e. The molecule has 240 valence electrons. The fourth-order valence-corrected chi connectivity index (χ4v) is 8.80. The number of nitrogens with zero attached hydrogens (tertiary/aromatic N) is 1. The van der Waals surface area contributed by atoms with Crippen LogP contribution in [-0.2, 0) is 11.8 Å². The molecule has 0 radical (unpaired) electrons. The summed E-state index contributed by atoms with van der Waals surface area (Å²) in [5.41, 5.74) is 18.7. The molecule has 0 saturated carbocycles. The van der Waals surface area contributed by atoms with Crippen LogP contribution in [0.4, 0.5) is 17.1 Å². The Morgan fingerprint density at radius 1 is 0.353 bits per heavy atom. The van der Waals surface area contributed by atoms with Crippen LogP contribution >= 0.6 is 0 Å². The quantitative estimate of drug-likeness (QED) is 0.179. The summed E-state index contributed by atoms with van der Waals surface area (Å²) < 4.78 is 0. The van der Waals surface area contributed by atoms with Gasteiger partial charge in [0.1, 0.15) is 0 Å². The lowest BCUT2D eigenvalue weighted by Crippen LogP contribution is -2.35. The summed E-state index contributed by atoms with van der Waals surface area (Å²) in [6.07, 6.45) is 0.841. The van der Waals surface area contributed by atoms with Gasteiger partial charge in [0.15, 0.2) is 0 Å². The van der Waals surface area contributed by atoms with Gasteiger partial charge < -0.3 is 4.90 Å². The van der Waals surface area contributed by atoms with Crippen LogP contribution in [0.25, 0.3) is 33.4 Å². The highest BCUT2D eigenvalue weighted by Gasteiger charge is 2.50. The van der Waals surface area contributed by atoms with Crippen LogP contribution in [0.5, 0.6) is 0 Å². The molecule has 0 amide bonds. The highest BCUT2D eigenvalue weighted by Crippen LogP contribution is 2.61. The van der Waals surface area contributed by atoms with Gasteiger partial charge in [-0.05, 0) is 103 Å². The molecule has 0 saturated heterocycles. The minimum absolute atomic E-state index is 0.462. The largest absolute Gasteiger partial charge is 0.310 e.